The summed E-state index contributed by atoms with van der Waals surface area (Å²) in [6, 6.07) is 20.1. The summed E-state index contributed by atoms with van der Waals surface area (Å²) in [5, 5.41) is 5.24. The van der Waals surface area contributed by atoms with Crippen molar-refractivity contribution in [2.24, 2.45) is 0 Å². The summed E-state index contributed by atoms with van der Waals surface area (Å²) < 4.78 is 7.75. The molecule has 0 aliphatic carbocycles. The van der Waals surface area contributed by atoms with Crippen LogP contribution in [0.25, 0.3) is 6.08 Å². The number of aryl methyl sites for hydroxylation is 1. The van der Waals surface area contributed by atoms with Crippen molar-refractivity contribution in [3.05, 3.63) is 97.2 Å². The van der Waals surface area contributed by atoms with Gasteiger partial charge in [0.25, 0.3) is 5.91 Å². The molecule has 4 rings (SSSR count). The van der Waals surface area contributed by atoms with Gasteiger partial charge in [-0.05, 0) is 105 Å². The van der Waals surface area contributed by atoms with E-state index in [-0.39, 0.29) is 12.2 Å². The molecule has 0 bridgehead atoms. The van der Waals surface area contributed by atoms with E-state index in [2.05, 4.69) is 49.2 Å². The molecule has 1 aliphatic rings. The second kappa shape index (κ2) is 11.0. The number of amides is 4. The average Bonchev–Trinajstić information content (AvgIpc) is 3.07. The minimum absolute atomic E-state index is 0.0952. The van der Waals surface area contributed by atoms with Gasteiger partial charge in [0.15, 0.2) is 0 Å². The third-order valence-corrected chi connectivity index (χ3v) is 6.48. The molecule has 1 heterocycles. The van der Waals surface area contributed by atoms with Crippen LogP contribution in [0.3, 0.4) is 0 Å². The van der Waals surface area contributed by atoms with Gasteiger partial charge in [-0.1, -0.05) is 30.3 Å². The van der Waals surface area contributed by atoms with Gasteiger partial charge in [-0.2, -0.15) is 0 Å². The van der Waals surface area contributed by atoms with E-state index in [1.165, 1.54) is 0 Å². The highest BCUT2D eigenvalue weighted by molar-refractivity contribution is 14.1. The number of carbonyl (C=O) groups excluding carboxylic acids is 3. The van der Waals surface area contributed by atoms with Crippen molar-refractivity contribution in [3.8, 4) is 5.75 Å². The number of urea groups is 1. The van der Waals surface area contributed by atoms with E-state index < -0.39 is 17.8 Å². The zero-order valence-electron chi connectivity index (χ0n) is 18.7. The summed E-state index contributed by atoms with van der Waals surface area (Å²) >= 11 is 5.75. The minimum Gasteiger partial charge on any atom is -0.488 e. The number of rotatable bonds is 7. The molecule has 1 saturated heterocycles. The summed E-state index contributed by atoms with van der Waals surface area (Å²) in [6.45, 7) is 1.94. The van der Waals surface area contributed by atoms with Crippen LogP contribution >= 0.6 is 38.5 Å². The average molecular weight is 646 g/mol. The number of imide groups is 1. The van der Waals surface area contributed by atoms with E-state index in [0.29, 0.717) is 28.1 Å². The molecule has 0 spiro atoms. The molecule has 2 N–H and O–H groups in total. The smallest absolute Gasteiger partial charge is 0.329 e. The van der Waals surface area contributed by atoms with Crippen molar-refractivity contribution in [2.75, 3.05) is 11.9 Å². The molecule has 1 aliphatic heterocycles. The molecular weight excluding hydrogens is 625 g/mol. The summed E-state index contributed by atoms with van der Waals surface area (Å²) in [4.78, 5) is 38.3. The summed E-state index contributed by atoms with van der Waals surface area (Å²) in [5.74, 6) is -0.371. The quantitative estimate of drug-likeness (QED) is 0.203. The normalized spacial score (nSPS) is 14.3. The topological polar surface area (TPSA) is 87.7 Å². The Bertz CT molecular complexity index is 1320. The fourth-order valence-corrected chi connectivity index (χ4v) is 4.28. The van der Waals surface area contributed by atoms with Gasteiger partial charge >= 0.3 is 6.03 Å². The Kier molecular flexibility index (Phi) is 7.86. The summed E-state index contributed by atoms with van der Waals surface area (Å²) in [7, 11) is 0. The first-order chi connectivity index (χ1) is 16.8. The minimum atomic E-state index is -0.641. The van der Waals surface area contributed by atoms with Crippen LogP contribution in [0, 0.1) is 10.5 Å². The lowest BCUT2D eigenvalue weighted by Gasteiger charge is -2.12. The van der Waals surface area contributed by atoms with Gasteiger partial charge in [-0.15, -0.1) is 0 Å². The highest BCUT2D eigenvalue weighted by atomic mass is 127. The van der Waals surface area contributed by atoms with E-state index >= 15 is 0 Å². The van der Waals surface area contributed by atoms with E-state index in [1.807, 2.05) is 43.3 Å². The van der Waals surface area contributed by atoms with Crippen molar-refractivity contribution >= 4 is 68.1 Å². The predicted molar refractivity (Wildman–Crippen MR) is 146 cm³/mol. The van der Waals surface area contributed by atoms with Crippen LogP contribution in [0.5, 0.6) is 5.75 Å². The lowest BCUT2D eigenvalue weighted by atomic mass is 10.2. The number of hydrogen-bond acceptors (Lipinski definition) is 4. The number of benzene rings is 3. The molecule has 178 valence electrons. The van der Waals surface area contributed by atoms with Crippen molar-refractivity contribution in [3.63, 3.8) is 0 Å². The summed E-state index contributed by atoms with van der Waals surface area (Å²) in [6.07, 6.45) is 1.56. The van der Waals surface area contributed by atoms with Crippen LogP contribution in [0.15, 0.2) is 76.9 Å². The van der Waals surface area contributed by atoms with Gasteiger partial charge in [-0.3, -0.25) is 9.59 Å². The molecule has 9 heteroatoms. The second-order valence-electron chi connectivity index (χ2n) is 7.90. The van der Waals surface area contributed by atoms with Gasteiger partial charge in [0.1, 0.15) is 24.6 Å². The predicted octanol–water partition coefficient (Wildman–Crippen LogP) is 5.47. The van der Waals surface area contributed by atoms with Crippen molar-refractivity contribution in [1.29, 1.82) is 0 Å². The molecular formula is C26H21BrIN3O4. The number of carbonyl (C=O) groups is 3. The van der Waals surface area contributed by atoms with Crippen LogP contribution in [0.1, 0.15) is 16.7 Å². The molecule has 0 atom stereocenters. The van der Waals surface area contributed by atoms with Crippen molar-refractivity contribution < 1.29 is 19.1 Å². The van der Waals surface area contributed by atoms with Crippen LogP contribution in [0.4, 0.5) is 10.5 Å². The molecule has 0 radical (unpaired) electrons. The number of hydrogen-bond donors (Lipinski definition) is 2. The molecule has 0 unspecified atom stereocenters. The van der Waals surface area contributed by atoms with Crippen molar-refractivity contribution in [2.45, 2.75) is 13.5 Å². The Labute approximate surface area is 224 Å². The van der Waals surface area contributed by atoms with Crippen LogP contribution < -0.4 is 15.4 Å². The van der Waals surface area contributed by atoms with Crippen LogP contribution in [-0.2, 0) is 16.2 Å². The lowest BCUT2D eigenvalue weighted by Crippen LogP contribution is -2.38. The first-order valence-electron chi connectivity index (χ1n) is 10.7. The molecule has 3 aromatic rings. The molecule has 3 aromatic carbocycles. The maximum Gasteiger partial charge on any atom is 0.329 e. The Balaban J connectivity index is 1.39. The second-order valence-corrected chi connectivity index (χ2v) is 10.0. The first kappa shape index (κ1) is 24.9. The Morgan fingerprint density at radius 1 is 1.11 bits per heavy atom. The molecule has 35 heavy (non-hydrogen) atoms. The molecule has 0 aromatic heterocycles. The monoisotopic (exact) mass is 645 g/mol. The molecule has 1 fully saturated rings. The van der Waals surface area contributed by atoms with E-state index in [0.717, 1.165) is 19.6 Å². The highest BCUT2D eigenvalue weighted by Gasteiger charge is 2.34. The highest BCUT2D eigenvalue weighted by Crippen LogP contribution is 2.28. The fourth-order valence-electron chi connectivity index (χ4n) is 3.41. The third kappa shape index (κ3) is 6.49. The van der Waals surface area contributed by atoms with Gasteiger partial charge < -0.3 is 15.4 Å². The Hall–Kier alpha value is -3.18. The fraction of sp³-hybridized carbons (Fsp3) is 0.115. The molecule has 4 amide bonds. The van der Waals surface area contributed by atoms with Crippen LogP contribution in [0.2, 0.25) is 0 Å². The van der Waals surface area contributed by atoms with Gasteiger partial charge in [0, 0.05) is 9.26 Å². The van der Waals surface area contributed by atoms with E-state index in [4.69, 9.17) is 4.74 Å². The SMILES string of the molecule is Cc1cccc(NC(=O)CN2C(=O)N/C(=C/c3ccc(OCc4ccc(I)cc4)c(Br)c3)C2=O)c1. The number of halogens is 2. The van der Waals surface area contributed by atoms with E-state index in [1.54, 1.807) is 36.4 Å². The largest absolute Gasteiger partial charge is 0.488 e. The number of nitrogens with one attached hydrogen (secondary N) is 2. The van der Waals surface area contributed by atoms with Crippen LogP contribution in [-0.4, -0.2) is 29.3 Å². The number of anilines is 1. The Morgan fingerprint density at radius 3 is 2.60 bits per heavy atom. The Morgan fingerprint density at radius 2 is 1.89 bits per heavy atom. The van der Waals surface area contributed by atoms with Gasteiger partial charge in [0.05, 0.1) is 4.47 Å². The molecule has 0 saturated carbocycles. The van der Waals surface area contributed by atoms with Crippen molar-refractivity contribution in [1.82, 2.24) is 10.2 Å². The van der Waals surface area contributed by atoms with Gasteiger partial charge in [0.2, 0.25) is 5.91 Å². The first-order valence-corrected chi connectivity index (χ1v) is 12.5. The zero-order valence-corrected chi connectivity index (χ0v) is 22.4. The standard InChI is InChI=1S/C26H21BrIN3O4/c1-16-3-2-4-20(11-16)29-24(32)14-31-25(33)22(30-26(31)34)13-18-7-10-23(21(27)12-18)35-15-17-5-8-19(28)9-6-17/h2-13H,14-15H2,1H3,(H,29,32)(H,30,34)/b22-13+. The molecule has 7 nitrogen and oxygen atoms in total. The maximum absolute atomic E-state index is 12.8. The van der Waals surface area contributed by atoms with E-state index in [9.17, 15) is 14.4 Å². The number of nitrogens with zero attached hydrogens (tertiary/aromatic N) is 1. The van der Waals surface area contributed by atoms with Gasteiger partial charge in [-0.25, -0.2) is 9.69 Å². The number of ether oxygens (including phenoxy) is 1. The summed E-state index contributed by atoms with van der Waals surface area (Å²) in [5.41, 5.74) is 3.42. The zero-order chi connectivity index (χ0) is 24.9. The maximum atomic E-state index is 12.8. The third-order valence-electron chi connectivity index (χ3n) is 5.14. The lowest BCUT2D eigenvalue weighted by molar-refractivity contribution is -0.127.